The largest absolute Gasteiger partial charge is 0.487 e. The van der Waals surface area contributed by atoms with Gasteiger partial charge in [-0.25, -0.2) is 4.98 Å². The first-order valence-electron chi connectivity index (χ1n) is 9.07. The highest BCUT2D eigenvalue weighted by Crippen LogP contribution is 2.39. The van der Waals surface area contributed by atoms with Crippen LogP contribution in [0.2, 0.25) is 0 Å². The second kappa shape index (κ2) is 5.88. The van der Waals surface area contributed by atoms with Crippen LogP contribution in [0, 0.1) is 5.92 Å². The number of anilines is 1. The van der Waals surface area contributed by atoms with E-state index in [1.165, 1.54) is 12.8 Å². The van der Waals surface area contributed by atoms with Crippen LogP contribution in [-0.2, 0) is 11.3 Å². The summed E-state index contributed by atoms with van der Waals surface area (Å²) in [5.41, 5.74) is 0.925. The van der Waals surface area contributed by atoms with Gasteiger partial charge in [-0.2, -0.15) is 0 Å². The highest BCUT2D eigenvalue weighted by molar-refractivity contribution is 5.99. The molecule has 2 aromatic rings. The fraction of sp³-hybridized carbons (Fsp3) is 0.474. The number of carbonyl (C=O) groups excluding carboxylic acids is 1. The minimum atomic E-state index is -0.137. The molecule has 2 fully saturated rings. The van der Waals surface area contributed by atoms with E-state index < -0.39 is 0 Å². The summed E-state index contributed by atoms with van der Waals surface area (Å²) in [7, 11) is 0. The van der Waals surface area contributed by atoms with Gasteiger partial charge in [-0.05, 0) is 30.9 Å². The van der Waals surface area contributed by atoms with Crippen molar-refractivity contribution in [2.24, 2.45) is 5.92 Å². The lowest BCUT2D eigenvalue weighted by Gasteiger charge is -2.31. The summed E-state index contributed by atoms with van der Waals surface area (Å²) in [5, 5.41) is 0. The number of benzene rings is 1. The summed E-state index contributed by atoms with van der Waals surface area (Å²) in [5.74, 6) is 2.56. The molecule has 1 aromatic carbocycles. The Bertz CT molecular complexity index is 771. The third-order valence-corrected chi connectivity index (χ3v) is 5.41. The molecule has 130 valence electrons. The van der Waals surface area contributed by atoms with Crippen molar-refractivity contribution in [2.45, 2.75) is 38.0 Å². The highest BCUT2D eigenvalue weighted by Gasteiger charge is 2.44. The lowest BCUT2D eigenvalue weighted by Crippen LogP contribution is -2.46. The minimum Gasteiger partial charge on any atom is -0.487 e. The molecule has 0 radical (unpaired) electrons. The zero-order valence-corrected chi connectivity index (χ0v) is 14.1. The molecule has 5 rings (SSSR count). The van der Waals surface area contributed by atoms with Crippen LogP contribution >= 0.6 is 0 Å². The maximum absolute atomic E-state index is 13.4. The second-order valence-corrected chi connectivity index (χ2v) is 7.32. The Morgan fingerprint density at radius 2 is 2.16 bits per heavy atom. The van der Waals surface area contributed by atoms with Crippen molar-refractivity contribution in [3.63, 3.8) is 0 Å². The minimum absolute atomic E-state index is 0.0492. The van der Waals surface area contributed by atoms with E-state index in [0.29, 0.717) is 12.5 Å². The number of carbonyl (C=O) groups is 1. The molecule has 1 saturated heterocycles. The van der Waals surface area contributed by atoms with Crippen LogP contribution in [0.25, 0.3) is 0 Å². The van der Waals surface area contributed by atoms with E-state index in [4.69, 9.17) is 4.74 Å². The number of ether oxygens (including phenoxy) is 1. The molecule has 1 saturated carbocycles. The van der Waals surface area contributed by atoms with Crippen molar-refractivity contribution in [1.82, 2.24) is 14.9 Å². The molecule has 1 aliphatic carbocycles. The van der Waals surface area contributed by atoms with E-state index >= 15 is 0 Å². The van der Waals surface area contributed by atoms with E-state index in [0.717, 1.165) is 36.8 Å². The number of hydrogen-bond acceptors (Lipinski definition) is 4. The Labute approximate surface area is 146 Å². The molecule has 0 spiro atoms. The normalized spacial score (nSPS) is 26.1. The number of hydrogen-bond donors (Lipinski definition) is 1. The van der Waals surface area contributed by atoms with Crippen LogP contribution in [0.3, 0.4) is 0 Å². The van der Waals surface area contributed by atoms with Gasteiger partial charge in [-0.3, -0.25) is 9.69 Å². The lowest BCUT2D eigenvalue weighted by molar-refractivity contribution is -0.123. The summed E-state index contributed by atoms with van der Waals surface area (Å²) >= 11 is 0. The molecule has 6 heteroatoms. The molecular weight excluding hydrogens is 316 g/mol. The number of aromatic nitrogens is 2. The first-order valence-corrected chi connectivity index (χ1v) is 9.07. The van der Waals surface area contributed by atoms with Gasteiger partial charge in [0.15, 0.2) is 0 Å². The Kier molecular flexibility index (Phi) is 3.52. The van der Waals surface area contributed by atoms with Gasteiger partial charge >= 0.3 is 0 Å². The van der Waals surface area contributed by atoms with Gasteiger partial charge < -0.3 is 14.6 Å². The molecule has 1 amide bonds. The molecule has 1 N–H and O–H groups in total. The zero-order valence-electron chi connectivity index (χ0n) is 14.1. The maximum Gasteiger partial charge on any atom is 0.244 e. The molecule has 2 aliphatic heterocycles. The van der Waals surface area contributed by atoms with Crippen LogP contribution in [-0.4, -0.2) is 46.0 Å². The smallest absolute Gasteiger partial charge is 0.244 e. The van der Waals surface area contributed by atoms with E-state index in [9.17, 15) is 4.79 Å². The lowest BCUT2D eigenvalue weighted by atomic mass is 10.1. The van der Waals surface area contributed by atoms with Crippen molar-refractivity contribution < 1.29 is 9.53 Å². The van der Waals surface area contributed by atoms with Gasteiger partial charge in [0.1, 0.15) is 17.7 Å². The molecular formula is C19H22N4O2. The summed E-state index contributed by atoms with van der Waals surface area (Å²) in [6, 6.07) is 7.82. The average molecular weight is 338 g/mol. The van der Waals surface area contributed by atoms with Gasteiger partial charge in [0, 0.05) is 31.9 Å². The number of para-hydroxylation sites is 2. The summed E-state index contributed by atoms with van der Waals surface area (Å²) in [6.07, 6.45) is 6.81. The third-order valence-electron chi connectivity index (χ3n) is 5.41. The number of likely N-dealkylation sites (tertiary alicyclic amines) is 1. The Morgan fingerprint density at radius 3 is 2.96 bits per heavy atom. The molecule has 2 atom stereocenters. The predicted octanol–water partition coefficient (Wildman–Crippen LogP) is 2.19. The number of nitrogens with zero attached hydrogens (tertiary/aromatic N) is 3. The summed E-state index contributed by atoms with van der Waals surface area (Å²) < 4.78 is 6.29. The molecule has 3 heterocycles. The van der Waals surface area contributed by atoms with Crippen LogP contribution in [0.15, 0.2) is 36.7 Å². The molecule has 3 aliphatic rings. The van der Waals surface area contributed by atoms with Gasteiger partial charge in [0.25, 0.3) is 0 Å². The van der Waals surface area contributed by atoms with Gasteiger partial charge in [-0.15, -0.1) is 0 Å². The van der Waals surface area contributed by atoms with Crippen molar-refractivity contribution in [2.75, 3.05) is 18.0 Å². The second-order valence-electron chi connectivity index (χ2n) is 7.32. The molecule has 1 aromatic heterocycles. The summed E-state index contributed by atoms with van der Waals surface area (Å²) in [4.78, 5) is 25.1. The number of rotatable bonds is 4. The summed E-state index contributed by atoms with van der Waals surface area (Å²) in [6.45, 7) is 2.20. The van der Waals surface area contributed by atoms with Crippen molar-refractivity contribution in [1.29, 1.82) is 0 Å². The maximum atomic E-state index is 13.4. The standard InChI is InChI=1S/C19H22N4O2/c24-19-16-9-14(11-22(16)12-18-20-7-8-21-18)25-17-4-2-1-3-15(17)23(19)10-13-5-6-13/h1-4,7-8,13-14,16H,5-6,9-12H2,(H,20,21). The van der Waals surface area contributed by atoms with Crippen molar-refractivity contribution in [3.05, 3.63) is 42.5 Å². The fourth-order valence-corrected chi connectivity index (χ4v) is 3.96. The van der Waals surface area contributed by atoms with Gasteiger partial charge in [0.05, 0.1) is 18.3 Å². The number of H-pyrrole nitrogens is 1. The van der Waals surface area contributed by atoms with Crippen LogP contribution in [0.1, 0.15) is 25.1 Å². The SMILES string of the molecule is O=C1C2CC(CN2Cc2ncc[nH]2)Oc2ccccc2N1CC1CC1. The number of aromatic amines is 1. The van der Waals surface area contributed by atoms with Crippen molar-refractivity contribution >= 4 is 11.6 Å². The van der Waals surface area contributed by atoms with Crippen LogP contribution < -0.4 is 9.64 Å². The van der Waals surface area contributed by atoms with E-state index in [1.807, 2.05) is 35.4 Å². The van der Waals surface area contributed by atoms with Gasteiger partial charge in [-0.1, -0.05) is 12.1 Å². The van der Waals surface area contributed by atoms with Crippen LogP contribution in [0.4, 0.5) is 5.69 Å². The topological polar surface area (TPSA) is 61.5 Å². The number of nitrogens with one attached hydrogen (secondary N) is 1. The zero-order chi connectivity index (χ0) is 16.8. The van der Waals surface area contributed by atoms with E-state index in [1.54, 1.807) is 6.20 Å². The fourth-order valence-electron chi connectivity index (χ4n) is 3.96. The molecule has 6 nitrogen and oxygen atoms in total. The third kappa shape index (κ3) is 2.80. The first-order chi connectivity index (χ1) is 12.3. The van der Waals surface area contributed by atoms with Crippen molar-refractivity contribution in [3.8, 4) is 5.75 Å². The Hall–Kier alpha value is -2.34. The predicted molar refractivity (Wildman–Crippen MR) is 93.3 cm³/mol. The first kappa shape index (κ1) is 15.0. The van der Waals surface area contributed by atoms with Gasteiger partial charge in [0.2, 0.25) is 5.91 Å². The van der Waals surface area contributed by atoms with Crippen LogP contribution in [0.5, 0.6) is 5.75 Å². The Balaban J connectivity index is 1.48. The number of imidazole rings is 1. The molecule has 25 heavy (non-hydrogen) atoms. The average Bonchev–Trinajstić information content (AvgIpc) is 3.11. The monoisotopic (exact) mass is 338 g/mol. The molecule has 2 unspecified atom stereocenters. The van der Waals surface area contributed by atoms with E-state index in [2.05, 4.69) is 14.9 Å². The molecule has 2 bridgehead atoms. The quantitative estimate of drug-likeness (QED) is 0.928. The highest BCUT2D eigenvalue weighted by atomic mass is 16.5. The number of amides is 1. The van der Waals surface area contributed by atoms with E-state index in [-0.39, 0.29) is 18.1 Å². The Morgan fingerprint density at radius 1 is 1.28 bits per heavy atom. The number of fused-ring (bicyclic) bond motifs is 3.